The number of nitrogens with zero attached hydrogens (tertiary/aromatic N) is 2. The van der Waals surface area contributed by atoms with Crippen LogP contribution in [0.5, 0.6) is 11.5 Å². The minimum atomic E-state index is -0.247. The molecule has 1 fully saturated rings. The molecule has 0 aliphatic heterocycles. The van der Waals surface area contributed by atoms with E-state index in [-0.39, 0.29) is 12.0 Å². The zero-order valence-corrected chi connectivity index (χ0v) is 19.3. The molecule has 1 amide bonds. The number of rotatable bonds is 7. The lowest BCUT2D eigenvalue weighted by Gasteiger charge is -2.25. The third-order valence-corrected chi connectivity index (χ3v) is 6.09. The number of halogens is 2. The van der Waals surface area contributed by atoms with Gasteiger partial charge in [-0.1, -0.05) is 53.5 Å². The van der Waals surface area contributed by atoms with Crippen molar-refractivity contribution in [2.45, 2.75) is 38.3 Å². The normalized spacial score (nSPS) is 13.7. The van der Waals surface area contributed by atoms with Gasteiger partial charge in [-0.25, -0.2) is 0 Å². The zero-order chi connectivity index (χ0) is 22.5. The van der Waals surface area contributed by atoms with Crippen LogP contribution in [-0.2, 0) is 6.54 Å². The predicted molar refractivity (Wildman–Crippen MR) is 127 cm³/mol. The Hall–Kier alpha value is -2.76. The molecule has 1 heterocycles. The summed E-state index contributed by atoms with van der Waals surface area (Å²) in [4.78, 5) is 19.3. The molecular weight excluding hydrogens is 447 g/mol. The van der Waals surface area contributed by atoms with Gasteiger partial charge in [-0.3, -0.25) is 9.78 Å². The highest BCUT2D eigenvalue weighted by Gasteiger charge is 2.25. The first-order valence-electron chi connectivity index (χ1n) is 10.6. The summed E-state index contributed by atoms with van der Waals surface area (Å²) in [7, 11) is 1.59. The molecule has 0 saturated heterocycles. The topological polar surface area (TPSA) is 51.7 Å². The maximum atomic E-state index is 13.7. The second-order valence-corrected chi connectivity index (χ2v) is 8.53. The van der Waals surface area contributed by atoms with Gasteiger partial charge in [0.15, 0.2) is 11.5 Å². The van der Waals surface area contributed by atoms with E-state index in [1.807, 2.05) is 30.3 Å². The van der Waals surface area contributed by atoms with Crippen LogP contribution >= 0.6 is 23.2 Å². The van der Waals surface area contributed by atoms with Crippen LogP contribution in [0.4, 0.5) is 5.69 Å². The Kier molecular flexibility index (Phi) is 7.18. The predicted octanol–water partition coefficient (Wildman–Crippen LogP) is 6.57. The number of hydrogen-bond acceptors (Lipinski definition) is 4. The Morgan fingerprint density at radius 3 is 2.38 bits per heavy atom. The molecule has 4 rings (SSSR count). The molecule has 5 nitrogen and oxygen atoms in total. The first-order chi connectivity index (χ1) is 15.6. The molecule has 1 aliphatic rings. The largest absolute Gasteiger partial charge is 0.493 e. The van der Waals surface area contributed by atoms with Crippen molar-refractivity contribution in [2.75, 3.05) is 12.0 Å². The van der Waals surface area contributed by atoms with Gasteiger partial charge in [0, 0.05) is 18.0 Å². The van der Waals surface area contributed by atoms with Gasteiger partial charge in [-0.15, -0.1) is 0 Å². The van der Waals surface area contributed by atoms with Crippen LogP contribution in [-0.4, -0.2) is 24.1 Å². The van der Waals surface area contributed by atoms with Crippen molar-refractivity contribution in [3.05, 3.63) is 82.1 Å². The molecule has 0 radical (unpaired) electrons. The lowest BCUT2D eigenvalue weighted by Crippen LogP contribution is -2.31. The molecular formula is C25H24Cl2N2O3. The average molecular weight is 471 g/mol. The van der Waals surface area contributed by atoms with Crippen LogP contribution in [0.3, 0.4) is 0 Å². The van der Waals surface area contributed by atoms with E-state index >= 15 is 0 Å². The van der Waals surface area contributed by atoms with Crippen molar-refractivity contribution in [1.82, 2.24) is 4.98 Å². The summed E-state index contributed by atoms with van der Waals surface area (Å²) < 4.78 is 11.7. The summed E-state index contributed by atoms with van der Waals surface area (Å²) in [6.45, 7) is 0.300. The molecule has 32 heavy (non-hydrogen) atoms. The Morgan fingerprint density at radius 2 is 1.72 bits per heavy atom. The highest BCUT2D eigenvalue weighted by atomic mass is 35.5. The maximum absolute atomic E-state index is 13.7. The molecule has 0 atom stereocenters. The van der Waals surface area contributed by atoms with Crippen LogP contribution in [0.2, 0.25) is 10.0 Å². The quantitative estimate of drug-likeness (QED) is 0.391. The maximum Gasteiger partial charge on any atom is 0.258 e. The molecule has 166 valence electrons. The number of anilines is 1. The lowest BCUT2D eigenvalue weighted by atomic mass is 10.1. The SMILES string of the molecule is COc1ccc(C(=O)N(Cc2ccccc2)c2c(Cl)cncc2Cl)cc1OC1CCCC1. The summed E-state index contributed by atoms with van der Waals surface area (Å²) in [5, 5.41) is 0.607. The molecule has 1 saturated carbocycles. The van der Waals surface area contributed by atoms with Gasteiger partial charge in [0.2, 0.25) is 0 Å². The fourth-order valence-corrected chi connectivity index (χ4v) is 4.49. The van der Waals surface area contributed by atoms with Crippen molar-refractivity contribution in [3.63, 3.8) is 0 Å². The number of benzene rings is 2. The molecule has 0 N–H and O–H groups in total. The molecule has 2 aromatic carbocycles. The van der Waals surface area contributed by atoms with Gasteiger partial charge < -0.3 is 14.4 Å². The van der Waals surface area contributed by atoms with Crippen LogP contribution in [0.25, 0.3) is 0 Å². The summed E-state index contributed by atoms with van der Waals surface area (Å²) >= 11 is 12.9. The first kappa shape index (κ1) is 22.4. The average Bonchev–Trinajstić information content (AvgIpc) is 3.31. The van der Waals surface area contributed by atoms with Crippen molar-refractivity contribution in [3.8, 4) is 11.5 Å². The van der Waals surface area contributed by atoms with Crippen LogP contribution < -0.4 is 14.4 Å². The van der Waals surface area contributed by atoms with Gasteiger partial charge in [0.05, 0.1) is 35.5 Å². The Morgan fingerprint density at radius 1 is 1.03 bits per heavy atom. The molecule has 0 bridgehead atoms. The van der Waals surface area contributed by atoms with Gasteiger partial charge in [-0.05, 0) is 49.4 Å². The number of ether oxygens (including phenoxy) is 2. The third kappa shape index (κ3) is 5.00. The molecule has 1 aliphatic carbocycles. The second kappa shape index (κ2) is 10.2. The minimum Gasteiger partial charge on any atom is -0.493 e. The van der Waals surface area contributed by atoms with Gasteiger partial charge >= 0.3 is 0 Å². The number of hydrogen-bond donors (Lipinski definition) is 0. The van der Waals surface area contributed by atoms with Crippen LogP contribution in [0.1, 0.15) is 41.6 Å². The van der Waals surface area contributed by atoms with Crippen LogP contribution in [0, 0.1) is 0 Å². The first-order valence-corrected chi connectivity index (χ1v) is 11.3. The number of carbonyl (C=O) groups is 1. The smallest absolute Gasteiger partial charge is 0.258 e. The van der Waals surface area contributed by atoms with E-state index in [1.165, 1.54) is 12.4 Å². The Bertz CT molecular complexity index is 1070. The number of amides is 1. The van der Waals surface area contributed by atoms with Gasteiger partial charge in [0.25, 0.3) is 5.91 Å². The Balaban J connectivity index is 1.71. The zero-order valence-electron chi connectivity index (χ0n) is 17.8. The van der Waals surface area contributed by atoms with Gasteiger partial charge in [0.1, 0.15) is 0 Å². The Labute approximate surface area is 197 Å². The summed E-state index contributed by atoms with van der Waals surface area (Å²) in [5.74, 6) is 0.919. The highest BCUT2D eigenvalue weighted by Crippen LogP contribution is 2.37. The highest BCUT2D eigenvalue weighted by molar-refractivity contribution is 6.40. The fraction of sp³-hybridized carbons (Fsp3) is 0.280. The number of methoxy groups -OCH3 is 1. The van der Waals surface area contributed by atoms with Crippen LogP contribution in [0.15, 0.2) is 60.9 Å². The standard InChI is InChI=1S/C25H24Cl2N2O3/c1-31-22-12-11-18(13-23(22)32-19-9-5-6-10-19)25(30)29(16-17-7-3-2-4-8-17)24-20(26)14-28-15-21(24)27/h2-4,7-8,11-15,19H,5-6,9-10,16H2,1H3. The molecule has 3 aromatic rings. The minimum absolute atomic E-state index is 0.138. The second-order valence-electron chi connectivity index (χ2n) is 7.72. The number of pyridine rings is 1. The van der Waals surface area contributed by atoms with Gasteiger partial charge in [-0.2, -0.15) is 0 Å². The summed E-state index contributed by atoms with van der Waals surface area (Å²) in [6.07, 6.45) is 7.41. The van der Waals surface area contributed by atoms with E-state index in [1.54, 1.807) is 30.2 Å². The van der Waals surface area contributed by atoms with Crippen molar-refractivity contribution < 1.29 is 14.3 Å². The third-order valence-electron chi connectivity index (χ3n) is 5.53. The lowest BCUT2D eigenvalue weighted by molar-refractivity contribution is 0.0984. The summed E-state index contributed by atoms with van der Waals surface area (Å²) in [5.41, 5.74) is 1.82. The monoisotopic (exact) mass is 470 g/mol. The van der Waals surface area contributed by atoms with E-state index in [2.05, 4.69) is 4.98 Å². The van der Waals surface area contributed by atoms with E-state index < -0.39 is 0 Å². The fourth-order valence-electron chi connectivity index (χ4n) is 3.92. The van der Waals surface area contributed by atoms with Crippen molar-refractivity contribution in [2.24, 2.45) is 0 Å². The molecule has 7 heteroatoms. The van der Waals surface area contributed by atoms with E-state index in [9.17, 15) is 4.79 Å². The summed E-state index contributed by atoms with van der Waals surface area (Å²) in [6, 6.07) is 14.9. The van der Waals surface area contributed by atoms with E-state index in [0.717, 1.165) is 31.2 Å². The number of aromatic nitrogens is 1. The van der Waals surface area contributed by atoms with Crippen molar-refractivity contribution >= 4 is 34.8 Å². The van der Waals surface area contributed by atoms with Crippen molar-refractivity contribution in [1.29, 1.82) is 0 Å². The van der Waals surface area contributed by atoms with E-state index in [4.69, 9.17) is 32.7 Å². The molecule has 1 aromatic heterocycles. The molecule has 0 spiro atoms. The molecule has 0 unspecified atom stereocenters. The van der Waals surface area contributed by atoms with E-state index in [0.29, 0.717) is 39.3 Å². The number of carbonyl (C=O) groups excluding carboxylic acids is 1.